The lowest BCUT2D eigenvalue weighted by atomic mass is 9.89. The van der Waals surface area contributed by atoms with Crippen molar-refractivity contribution >= 4 is 28.4 Å². The maximum atomic E-state index is 12.7. The molecular weight excluding hydrogens is 404 g/mol. The van der Waals surface area contributed by atoms with Crippen LogP contribution in [-0.4, -0.2) is 26.4 Å². The maximum absolute atomic E-state index is 12.7. The van der Waals surface area contributed by atoms with Crippen molar-refractivity contribution < 1.29 is 4.79 Å². The fourth-order valence-electron chi connectivity index (χ4n) is 4.49. The molecular formula is C25H30N4OS. The molecule has 31 heavy (non-hydrogen) atoms. The van der Waals surface area contributed by atoms with Gasteiger partial charge in [-0.1, -0.05) is 79.6 Å². The van der Waals surface area contributed by atoms with E-state index in [4.69, 9.17) is 0 Å². The van der Waals surface area contributed by atoms with Crippen LogP contribution in [0, 0.1) is 0 Å². The molecule has 1 fully saturated rings. The summed E-state index contributed by atoms with van der Waals surface area (Å²) in [6, 6.07) is 14.4. The van der Waals surface area contributed by atoms with E-state index in [2.05, 4.69) is 50.9 Å². The Balaban J connectivity index is 1.41. The van der Waals surface area contributed by atoms with E-state index >= 15 is 0 Å². The van der Waals surface area contributed by atoms with Crippen LogP contribution in [0.3, 0.4) is 0 Å². The number of hydrogen-bond donors (Lipinski definition) is 1. The van der Waals surface area contributed by atoms with Gasteiger partial charge in [0.15, 0.2) is 5.16 Å². The highest BCUT2D eigenvalue weighted by molar-refractivity contribution is 7.99. The average molecular weight is 435 g/mol. The van der Waals surface area contributed by atoms with Crippen LogP contribution in [-0.2, 0) is 11.3 Å². The molecule has 1 aliphatic carbocycles. The fraction of sp³-hybridized carbons (Fsp3) is 0.400. The van der Waals surface area contributed by atoms with Gasteiger partial charge < -0.3 is 9.88 Å². The fourth-order valence-corrected chi connectivity index (χ4v) is 5.26. The minimum Gasteiger partial charge on any atom is -0.349 e. The number of benzene rings is 2. The molecule has 0 radical (unpaired) electrons. The summed E-state index contributed by atoms with van der Waals surface area (Å²) in [5.74, 6) is 1.83. The lowest BCUT2D eigenvalue weighted by Gasteiger charge is -2.21. The molecule has 1 N–H and O–H groups in total. The Morgan fingerprint density at radius 2 is 1.97 bits per heavy atom. The van der Waals surface area contributed by atoms with Gasteiger partial charge >= 0.3 is 0 Å². The summed E-state index contributed by atoms with van der Waals surface area (Å²) in [7, 11) is 0. The molecule has 0 bridgehead atoms. The number of thioether (sulfide) groups is 1. The lowest BCUT2D eigenvalue weighted by Crippen LogP contribution is -2.28. The van der Waals surface area contributed by atoms with Gasteiger partial charge in [0.2, 0.25) is 5.91 Å². The Kier molecular flexibility index (Phi) is 7.07. The predicted octanol–water partition coefficient (Wildman–Crippen LogP) is 5.63. The van der Waals surface area contributed by atoms with Crippen LogP contribution in [0.1, 0.15) is 62.4 Å². The monoisotopic (exact) mass is 434 g/mol. The molecule has 162 valence electrons. The number of nitrogens with zero attached hydrogens (tertiary/aromatic N) is 3. The molecule has 2 aromatic carbocycles. The molecule has 0 aliphatic heterocycles. The predicted molar refractivity (Wildman–Crippen MR) is 127 cm³/mol. The summed E-state index contributed by atoms with van der Waals surface area (Å²) >= 11 is 1.45. The van der Waals surface area contributed by atoms with Gasteiger partial charge in [0.1, 0.15) is 5.82 Å². The average Bonchev–Trinajstić information content (AvgIpc) is 3.20. The van der Waals surface area contributed by atoms with Crippen molar-refractivity contribution in [1.82, 2.24) is 20.1 Å². The van der Waals surface area contributed by atoms with Crippen molar-refractivity contribution in [2.75, 3.05) is 5.75 Å². The number of rotatable bonds is 8. The molecule has 5 nitrogen and oxygen atoms in total. The van der Waals surface area contributed by atoms with Crippen molar-refractivity contribution in [1.29, 1.82) is 0 Å². The zero-order valence-electron chi connectivity index (χ0n) is 18.1. The Hall–Kier alpha value is -2.60. The van der Waals surface area contributed by atoms with E-state index in [1.165, 1.54) is 54.6 Å². The third kappa shape index (κ3) is 5.01. The molecule has 1 aromatic heterocycles. The summed E-state index contributed by atoms with van der Waals surface area (Å²) in [4.78, 5) is 12.7. The number of hydrogen-bond acceptors (Lipinski definition) is 4. The second-order valence-electron chi connectivity index (χ2n) is 8.22. The van der Waals surface area contributed by atoms with E-state index in [0.717, 1.165) is 16.5 Å². The highest BCUT2D eigenvalue weighted by Gasteiger charge is 2.23. The second-order valence-corrected chi connectivity index (χ2v) is 9.16. The lowest BCUT2D eigenvalue weighted by molar-refractivity contribution is -0.119. The molecule has 6 heteroatoms. The van der Waals surface area contributed by atoms with Crippen LogP contribution in [0.2, 0.25) is 0 Å². The van der Waals surface area contributed by atoms with Crippen molar-refractivity contribution in [3.63, 3.8) is 0 Å². The number of carbonyl (C=O) groups is 1. The van der Waals surface area contributed by atoms with Gasteiger partial charge in [-0.2, -0.15) is 0 Å². The Morgan fingerprint density at radius 3 is 2.77 bits per heavy atom. The number of nitrogens with one attached hydrogen (secondary N) is 1. The highest BCUT2D eigenvalue weighted by Crippen LogP contribution is 2.33. The summed E-state index contributed by atoms with van der Waals surface area (Å²) in [5, 5.41) is 15.2. The first-order valence-electron chi connectivity index (χ1n) is 11.1. The zero-order chi connectivity index (χ0) is 21.6. The molecule has 3 aromatic rings. The number of aromatic nitrogens is 3. The molecule has 0 spiro atoms. The Labute approximate surface area is 188 Å². The quantitative estimate of drug-likeness (QED) is 0.368. The van der Waals surface area contributed by atoms with Crippen molar-refractivity contribution in [2.24, 2.45) is 0 Å². The molecule has 0 saturated heterocycles. The minimum absolute atomic E-state index is 0.00203. The molecule has 1 aliphatic rings. The van der Waals surface area contributed by atoms with Crippen LogP contribution in [0.5, 0.6) is 0 Å². The van der Waals surface area contributed by atoms with Crippen molar-refractivity contribution in [3.05, 3.63) is 66.5 Å². The molecule has 4 rings (SSSR count). The first kappa shape index (κ1) is 21.6. The van der Waals surface area contributed by atoms with Crippen LogP contribution in [0.4, 0.5) is 0 Å². The highest BCUT2D eigenvalue weighted by atomic mass is 32.2. The van der Waals surface area contributed by atoms with Crippen LogP contribution < -0.4 is 5.32 Å². The SMILES string of the molecule is C=CCn1c(SCC(=O)N[C@H](C)c2cccc3ccccc23)nnc1C1CCCCC1. The van der Waals surface area contributed by atoms with Crippen molar-refractivity contribution in [2.45, 2.75) is 62.7 Å². The Morgan fingerprint density at radius 1 is 1.19 bits per heavy atom. The number of amides is 1. The van der Waals surface area contributed by atoms with E-state index < -0.39 is 0 Å². The zero-order valence-corrected chi connectivity index (χ0v) is 18.9. The van der Waals surface area contributed by atoms with Crippen molar-refractivity contribution in [3.8, 4) is 0 Å². The van der Waals surface area contributed by atoms with Gasteiger partial charge in [-0.15, -0.1) is 16.8 Å². The maximum Gasteiger partial charge on any atom is 0.230 e. The number of carbonyl (C=O) groups excluding carboxylic acids is 1. The van der Waals surface area contributed by atoms with E-state index in [9.17, 15) is 4.79 Å². The largest absolute Gasteiger partial charge is 0.349 e. The van der Waals surface area contributed by atoms with Crippen LogP contribution >= 0.6 is 11.8 Å². The third-order valence-corrected chi connectivity index (χ3v) is 6.99. The summed E-state index contributed by atoms with van der Waals surface area (Å²) in [6.07, 6.45) is 8.03. The summed E-state index contributed by atoms with van der Waals surface area (Å²) < 4.78 is 2.13. The molecule has 1 saturated carbocycles. The minimum atomic E-state index is -0.0666. The van der Waals surface area contributed by atoms with E-state index in [-0.39, 0.29) is 11.9 Å². The molecule has 0 unspecified atom stereocenters. The number of fused-ring (bicyclic) bond motifs is 1. The first-order valence-corrected chi connectivity index (χ1v) is 12.1. The first-order chi connectivity index (χ1) is 15.2. The normalized spacial score (nSPS) is 15.6. The Bertz CT molecular complexity index is 1050. The van der Waals surface area contributed by atoms with Gasteiger partial charge in [-0.3, -0.25) is 4.79 Å². The summed E-state index contributed by atoms with van der Waals surface area (Å²) in [5.41, 5.74) is 1.13. The van der Waals surface area contributed by atoms with Gasteiger partial charge in [-0.25, -0.2) is 0 Å². The van der Waals surface area contributed by atoms with Gasteiger partial charge in [0.25, 0.3) is 0 Å². The third-order valence-electron chi connectivity index (χ3n) is 6.03. The second kappa shape index (κ2) is 10.1. The molecule has 1 atom stereocenters. The van der Waals surface area contributed by atoms with E-state index in [1.54, 1.807) is 0 Å². The molecule has 1 heterocycles. The van der Waals surface area contributed by atoms with Gasteiger partial charge in [0, 0.05) is 12.5 Å². The van der Waals surface area contributed by atoms with Gasteiger partial charge in [0.05, 0.1) is 11.8 Å². The topological polar surface area (TPSA) is 59.8 Å². The van der Waals surface area contributed by atoms with Crippen LogP contribution in [0.15, 0.2) is 60.3 Å². The smallest absolute Gasteiger partial charge is 0.230 e. The molecule has 1 amide bonds. The van der Waals surface area contributed by atoms with E-state index in [0.29, 0.717) is 18.2 Å². The van der Waals surface area contributed by atoms with Gasteiger partial charge in [-0.05, 0) is 36.1 Å². The standard InChI is InChI=1S/C25H30N4OS/c1-3-16-29-24(20-11-5-4-6-12-20)27-28-25(29)31-17-23(30)26-18(2)21-15-9-13-19-10-7-8-14-22(19)21/h3,7-10,13-15,18,20H,1,4-6,11-12,16-17H2,2H3,(H,26,30)/t18-/m1/s1. The van der Waals surface area contributed by atoms with E-state index in [1.807, 2.05) is 31.2 Å². The van der Waals surface area contributed by atoms with Crippen LogP contribution in [0.25, 0.3) is 10.8 Å². The number of allylic oxidation sites excluding steroid dienone is 1. The summed E-state index contributed by atoms with van der Waals surface area (Å²) in [6.45, 7) is 6.60.